The zero-order chi connectivity index (χ0) is 11.8. The lowest BCUT2D eigenvalue weighted by molar-refractivity contribution is 0.599. The molecule has 1 saturated carbocycles. The van der Waals surface area contributed by atoms with Gasteiger partial charge in [0.1, 0.15) is 0 Å². The Balaban J connectivity index is 2.20. The zero-order valence-electron chi connectivity index (χ0n) is 9.92. The summed E-state index contributed by atoms with van der Waals surface area (Å²) in [5.74, 6) is 0.283. The van der Waals surface area contributed by atoms with Crippen LogP contribution in [-0.4, -0.2) is 15.5 Å². The fourth-order valence-electron chi connectivity index (χ4n) is 1.97. The molecular weight excluding hydrogens is 202 g/mol. The average molecular weight is 221 g/mol. The van der Waals surface area contributed by atoms with Crippen LogP contribution in [0.3, 0.4) is 0 Å². The fraction of sp³-hybridized carbons (Fsp3) is 0.667. The third-order valence-electron chi connectivity index (χ3n) is 3.29. The number of H-pyrrole nitrogens is 1. The van der Waals surface area contributed by atoms with Gasteiger partial charge in [-0.15, -0.1) is 0 Å². The lowest BCUT2D eigenvalue weighted by Gasteiger charge is -2.12. The van der Waals surface area contributed by atoms with Crippen molar-refractivity contribution in [2.45, 2.75) is 51.0 Å². The highest BCUT2D eigenvalue weighted by atomic mass is 16.1. The van der Waals surface area contributed by atoms with Crippen molar-refractivity contribution in [1.82, 2.24) is 9.97 Å². The topological polar surface area (TPSA) is 71.8 Å². The van der Waals surface area contributed by atoms with E-state index < -0.39 is 0 Å². The summed E-state index contributed by atoms with van der Waals surface area (Å²) < 4.78 is 0. The molecular formula is C12H19N3O. The molecule has 1 heterocycles. The highest BCUT2D eigenvalue weighted by Crippen LogP contribution is 2.36. The second-order valence-electron chi connectivity index (χ2n) is 5.11. The van der Waals surface area contributed by atoms with E-state index in [9.17, 15) is 4.79 Å². The van der Waals surface area contributed by atoms with Crippen LogP contribution in [0.1, 0.15) is 50.3 Å². The van der Waals surface area contributed by atoms with E-state index in [1.165, 1.54) is 6.33 Å². The quantitative estimate of drug-likeness (QED) is 0.805. The summed E-state index contributed by atoms with van der Waals surface area (Å²) in [5.41, 5.74) is 7.75. The maximum Gasteiger partial charge on any atom is 0.254 e. The summed E-state index contributed by atoms with van der Waals surface area (Å²) >= 11 is 0. The van der Waals surface area contributed by atoms with Crippen molar-refractivity contribution in [3.63, 3.8) is 0 Å². The Hall–Kier alpha value is -1.16. The summed E-state index contributed by atoms with van der Waals surface area (Å²) in [7, 11) is 0. The van der Waals surface area contributed by atoms with Crippen LogP contribution in [0.15, 0.2) is 11.1 Å². The number of aromatic amines is 1. The molecule has 16 heavy (non-hydrogen) atoms. The van der Waals surface area contributed by atoms with E-state index >= 15 is 0 Å². The number of rotatable bonds is 4. The maximum atomic E-state index is 11.7. The van der Waals surface area contributed by atoms with Gasteiger partial charge in [-0.1, -0.05) is 13.8 Å². The van der Waals surface area contributed by atoms with E-state index in [-0.39, 0.29) is 17.0 Å². The Morgan fingerprint density at radius 2 is 2.25 bits per heavy atom. The van der Waals surface area contributed by atoms with Gasteiger partial charge >= 0.3 is 0 Å². The predicted molar refractivity (Wildman–Crippen MR) is 63.4 cm³/mol. The number of nitrogens with one attached hydrogen (secondary N) is 1. The zero-order valence-corrected chi connectivity index (χ0v) is 9.92. The van der Waals surface area contributed by atoms with Gasteiger partial charge in [-0.25, -0.2) is 4.98 Å². The molecule has 1 aromatic rings. The molecule has 0 saturated heterocycles. The first-order valence-electron chi connectivity index (χ1n) is 5.87. The van der Waals surface area contributed by atoms with E-state index in [0.29, 0.717) is 0 Å². The van der Waals surface area contributed by atoms with Crippen molar-refractivity contribution in [1.29, 1.82) is 0 Å². The Bertz CT molecular complexity index is 432. The van der Waals surface area contributed by atoms with Gasteiger partial charge in [0.05, 0.1) is 12.0 Å². The molecule has 0 aliphatic heterocycles. The standard InChI is InChI=1S/C12H19N3O/c1-8(2)10-9(11(16)15-7-14-10)3-4-12(13)5-6-12/h7-8H,3-6,13H2,1-2H3,(H,14,15,16). The highest BCUT2D eigenvalue weighted by Gasteiger charge is 2.37. The average Bonchev–Trinajstić information content (AvgIpc) is 2.95. The first kappa shape index (κ1) is 11.3. The first-order valence-corrected chi connectivity index (χ1v) is 5.87. The van der Waals surface area contributed by atoms with Crippen LogP contribution in [0.25, 0.3) is 0 Å². The van der Waals surface area contributed by atoms with Gasteiger partial charge in [0.25, 0.3) is 5.56 Å². The van der Waals surface area contributed by atoms with E-state index in [2.05, 4.69) is 23.8 Å². The number of hydrogen-bond acceptors (Lipinski definition) is 3. The van der Waals surface area contributed by atoms with E-state index in [0.717, 1.165) is 36.9 Å². The number of nitrogens with zero attached hydrogens (tertiary/aromatic N) is 1. The Kier molecular flexibility index (Phi) is 2.84. The van der Waals surface area contributed by atoms with Crippen molar-refractivity contribution in [3.05, 3.63) is 27.9 Å². The van der Waals surface area contributed by atoms with Crippen LogP contribution in [-0.2, 0) is 6.42 Å². The lowest BCUT2D eigenvalue weighted by Crippen LogP contribution is -2.25. The number of aromatic nitrogens is 2. The maximum absolute atomic E-state index is 11.7. The minimum atomic E-state index is -0.0112. The van der Waals surface area contributed by atoms with Crippen LogP contribution in [0.2, 0.25) is 0 Å². The summed E-state index contributed by atoms with van der Waals surface area (Å²) in [6.07, 6.45) is 5.29. The Morgan fingerprint density at radius 3 is 2.81 bits per heavy atom. The summed E-state index contributed by atoms with van der Waals surface area (Å²) in [6, 6.07) is 0. The molecule has 1 aromatic heterocycles. The molecule has 88 valence electrons. The SMILES string of the molecule is CC(C)c1nc[nH]c(=O)c1CCC1(N)CC1. The molecule has 1 aliphatic carbocycles. The molecule has 2 rings (SSSR count). The van der Waals surface area contributed by atoms with Gasteiger partial charge in [0.2, 0.25) is 0 Å². The van der Waals surface area contributed by atoms with Gasteiger partial charge < -0.3 is 10.7 Å². The third kappa shape index (κ3) is 2.32. The second kappa shape index (κ2) is 4.01. The van der Waals surface area contributed by atoms with E-state index in [1.807, 2.05) is 0 Å². The van der Waals surface area contributed by atoms with Crippen molar-refractivity contribution >= 4 is 0 Å². The third-order valence-corrected chi connectivity index (χ3v) is 3.29. The fourth-order valence-corrected chi connectivity index (χ4v) is 1.97. The van der Waals surface area contributed by atoms with Crippen molar-refractivity contribution in [2.24, 2.45) is 5.73 Å². The van der Waals surface area contributed by atoms with Crippen LogP contribution >= 0.6 is 0 Å². The summed E-state index contributed by atoms with van der Waals surface area (Å²) in [4.78, 5) is 18.7. The minimum absolute atomic E-state index is 0.00344. The molecule has 0 bridgehead atoms. The molecule has 4 heteroatoms. The van der Waals surface area contributed by atoms with Gasteiger partial charge in [0.15, 0.2) is 0 Å². The Labute approximate surface area is 95.3 Å². The van der Waals surface area contributed by atoms with Crippen molar-refractivity contribution in [2.75, 3.05) is 0 Å². The monoisotopic (exact) mass is 221 g/mol. The molecule has 0 spiro atoms. The van der Waals surface area contributed by atoms with Crippen LogP contribution in [0.5, 0.6) is 0 Å². The molecule has 3 N–H and O–H groups in total. The lowest BCUT2D eigenvalue weighted by atomic mass is 9.99. The second-order valence-corrected chi connectivity index (χ2v) is 5.11. The molecule has 1 aliphatic rings. The van der Waals surface area contributed by atoms with Gasteiger partial charge in [-0.05, 0) is 31.6 Å². The minimum Gasteiger partial charge on any atom is -0.325 e. The molecule has 0 radical (unpaired) electrons. The van der Waals surface area contributed by atoms with E-state index in [4.69, 9.17) is 5.73 Å². The van der Waals surface area contributed by atoms with Crippen molar-refractivity contribution < 1.29 is 0 Å². The molecule has 0 amide bonds. The predicted octanol–water partition coefficient (Wildman–Crippen LogP) is 1.32. The van der Waals surface area contributed by atoms with Gasteiger partial charge in [-0.3, -0.25) is 4.79 Å². The van der Waals surface area contributed by atoms with Crippen molar-refractivity contribution in [3.8, 4) is 0 Å². The summed E-state index contributed by atoms with van der Waals surface area (Å²) in [5, 5.41) is 0. The Morgan fingerprint density at radius 1 is 1.56 bits per heavy atom. The largest absolute Gasteiger partial charge is 0.325 e. The van der Waals surface area contributed by atoms with Crippen LogP contribution < -0.4 is 11.3 Å². The van der Waals surface area contributed by atoms with E-state index in [1.54, 1.807) is 0 Å². The molecule has 0 aromatic carbocycles. The number of hydrogen-bond donors (Lipinski definition) is 2. The molecule has 0 unspecified atom stereocenters. The first-order chi connectivity index (χ1) is 7.52. The van der Waals surface area contributed by atoms with Crippen LogP contribution in [0.4, 0.5) is 0 Å². The van der Waals surface area contributed by atoms with Gasteiger partial charge in [0, 0.05) is 11.1 Å². The molecule has 4 nitrogen and oxygen atoms in total. The number of nitrogens with two attached hydrogens (primary N) is 1. The van der Waals surface area contributed by atoms with Gasteiger partial charge in [-0.2, -0.15) is 0 Å². The summed E-state index contributed by atoms with van der Waals surface area (Å²) in [6.45, 7) is 4.11. The molecule has 0 atom stereocenters. The molecule has 1 fully saturated rings. The smallest absolute Gasteiger partial charge is 0.254 e. The highest BCUT2D eigenvalue weighted by molar-refractivity contribution is 5.20. The normalized spacial score (nSPS) is 17.8. The van der Waals surface area contributed by atoms with Crippen LogP contribution in [0, 0.1) is 0 Å².